The van der Waals surface area contributed by atoms with Crippen LogP contribution in [0, 0.1) is 18.6 Å². The molecule has 1 aromatic carbocycles. The summed E-state index contributed by atoms with van der Waals surface area (Å²) >= 11 is 0. The molecular formula is C22H26F2N6O2S. The van der Waals surface area contributed by atoms with Crippen molar-refractivity contribution in [1.29, 1.82) is 0 Å². The summed E-state index contributed by atoms with van der Waals surface area (Å²) in [6, 6.07) is 3.85. The molecular weight excluding hydrogens is 450 g/mol. The van der Waals surface area contributed by atoms with Crippen LogP contribution < -0.4 is 15.0 Å². The summed E-state index contributed by atoms with van der Waals surface area (Å²) in [5.41, 5.74) is 4.54. The van der Waals surface area contributed by atoms with Gasteiger partial charge in [-0.2, -0.15) is 13.5 Å². The lowest BCUT2D eigenvalue weighted by atomic mass is 10.1. The molecule has 0 unspecified atom stereocenters. The van der Waals surface area contributed by atoms with Gasteiger partial charge in [-0.25, -0.2) is 13.5 Å². The van der Waals surface area contributed by atoms with Crippen LogP contribution in [0.3, 0.4) is 0 Å². The highest BCUT2D eigenvalue weighted by atomic mass is 32.1. The Kier molecular flexibility index (Phi) is 7.21. The van der Waals surface area contributed by atoms with Crippen LogP contribution in [-0.2, 0) is 24.2 Å². The molecule has 1 aliphatic heterocycles. The molecule has 3 aromatic rings. The monoisotopic (exact) mass is 476 g/mol. The number of nitrogens with one attached hydrogen (secondary N) is 1. The first-order valence-electron chi connectivity index (χ1n) is 10.2. The number of pyridine rings is 1. The molecule has 0 saturated carbocycles. The van der Waals surface area contributed by atoms with E-state index in [4.69, 9.17) is 4.74 Å². The molecule has 0 bridgehead atoms. The number of aromatic nitrogens is 4. The quantitative estimate of drug-likeness (QED) is 0.589. The Labute approximate surface area is 197 Å². The first-order valence-corrected chi connectivity index (χ1v) is 10.2. The molecule has 4 rings (SSSR count). The average Bonchev–Trinajstić information content (AvgIpc) is 3.21. The Bertz CT molecular complexity index is 1190. The zero-order valence-corrected chi connectivity index (χ0v) is 19.8. The Balaban J connectivity index is 0.00000306. The minimum absolute atomic E-state index is 0. The van der Waals surface area contributed by atoms with E-state index in [0.717, 1.165) is 40.6 Å². The second kappa shape index (κ2) is 9.74. The van der Waals surface area contributed by atoms with Crippen LogP contribution in [0.4, 0.5) is 20.2 Å². The normalized spacial score (nSPS) is 15.0. The summed E-state index contributed by atoms with van der Waals surface area (Å²) in [4.78, 5) is 18.6. The smallest absolute Gasteiger partial charge is 0.246 e. The van der Waals surface area contributed by atoms with Crippen molar-refractivity contribution in [2.75, 3.05) is 24.4 Å². The maximum atomic E-state index is 13.6. The van der Waals surface area contributed by atoms with Crippen molar-refractivity contribution in [2.24, 2.45) is 0 Å². The molecule has 0 spiro atoms. The summed E-state index contributed by atoms with van der Waals surface area (Å²) in [6.45, 7) is 3.93. The van der Waals surface area contributed by atoms with E-state index in [0.29, 0.717) is 18.4 Å². The fourth-order valence-corrected chi connectivity index (χ4v) is 3.74. The van der Waals surface area contributed by atoms with Gasteiger partial charge in [0.05, 0.1) is 36.4 Å². The number of carbonyl (C=O) groups excluding carboxylic acids is 1. The number of carbonyl (C=O) groups is 1. The molecule has 8 nitrogen and oxygen atoms in total. The summed E-state index contributed by atoms with van der Waals surface area (Å²) in [5, 5.41) is 11.2. The van der Waals surface area contributed by atoms with Gasteiger partial charge in [0.2, 0.25) is 5.91 Å². The van der Waals surface area contributed by atoms with Crippen molar-refractivity contribution in [3.8, 4) is 5.75 Å². The van der Waals surface area contributed by atoms with Crippen LogP contribution in [0.15, 0.2) is 24.4 Å². The van der Waals surface area contributed by atoms with Gasteiger partial charge in [0.25, 0.3) is 0 Å². The topological polar surface area (TPSA) is 85.2 Å². The maximum absolute atomic E-state index is 13.6. The number of amides is 1. The minimum atomic E-state index is -0.961. The second-order valence-electron chi connectivity index (χ2n) is 7.85. The SMILES string of the molecule is COc1cc(F)c(F)cc1Cn1cc(CCc2cc3c(c(C)n2)NC(=O)[C@H](C)N3C)nn1.S. The average molecular weight is 477 g/mol. The third-order valence-electron chi connectivity index (χ3n) is 5.70. The lowest BCUT2D eigenvalue weighted by Crippen LogP contribution is -2.44. The van der Waals surface area contributed by atoms with Crippen LogP contribution in [0.1, 0.15) is 29.6 Å². The van der Waals surface area contributed by atoms with Gasteiger partial charge in [-0.15, -0.1) is 5.10 Å². The van der Waals surface area contributed by atoms with Gasteiger partial charge in [-0.1, -0.05) is 5.21 Å². The molecule has 11 heteroatoms. The molecule has 0 radical (unpaired) electrons. The van der Waals surface area contributed by atoms with E-state index in [1.54, 1.807) is 10.9 Å². The zero-order chi connectivity index (χ0) is 23.0. The van der Waals surface area contributed by atoms with Gasteiger partial charge < -0.3 is 15.0 Å². The van der Waals surface area contributed by atoms with Gasteiger partial charge in [-0.3, -0.25) is 9.78 Å². The number of ether oxygens (including phenoxy) is 1. The van der Waals surface area contributed by atoms with Gasteiger partial charge in [0.1, 0.15) is 11.8 Å². The van der Waals surface area contributed by atoms with Gasteiger partial charge in [0.15, 0.2) is 11.6 Å². The lowest BCUT2D eigenvalue weighted by Gasteiger charge is -2.34. The third kappa shape index (κ3) is 4.92. The fourth-order valence-electron chi connectivity index (χ4n) is 3.74. The van der Waals surface area contributed by atoms with Gasteiger partial charge in [0, 0.05) is 30.6 Å². The van der Waals surface area contributed by atoms with Crippen LogP contribution in [0.2, 0.25) is 0 Å². The summed E-state index contributed by atoms with van der Waals surface area (Å²) in [7, 11) is 3.30. The molecule has 0 saturated heterocycles. The molecule has 3 heterocycles. The largest absolute Gasteiger partial charge is 0.496 e. The summed E-state index contributed by atoms with van der Waals surface area (Å²) in [5.74, 6) is -1.70. The van der Waals surface area contributed by atoms with Crippen molar-refractivity contribution in [3.05, 3.63) is 58.7 Å². The van der Waals surface area contributed by atoms with Crippen LogP contribution in [0.25, 0.3) is 0 Å². The van der Waals surface area contributed by atoms with Crippen molar-refractivity contribution < 1.29 is 18.3 Å². The first-order chi connectivity index (χ1) is 15.3. The number of methoxy groups -OCH3 is 1. The molecule has 1 N–H and O–H groups in total. The Morgan fingerprint density at radius 1 is 1.15 bits per heavy atom. The van der Waals surface area contributed by atoms with Crippen molar-refractivity contribution in [2.45, 2.75) is 39.3 Å². The van der Waals surface area contributed by atoms with E-state index in [1.165, 1.54) is 7.11 Å². The molecule has 0 aliphatic carbocycles. The van der Waals surface area contributed by atoms with E-state index in [-0.39, 0.29) is 37.7 Å². The number of hydrogen-bond acceptors (Lipinski definition) is 6. The molecule has 33 heavy (non-hydrogen) atoms. The molecule has 1 amide bonds. The predicted molar refractivity (Wildman–Crippen MR) is 125 cm³/mol. The van der Waals surface area contributed by atoms with E-state index < -0.39 is 11.6 Å². The fraction of sp³-hybridized carbons (Fsp3) is 0.364. The van der Waals surface area contributed by atoms with E-state index in [1.807, 2.05) is 31.9 Å². The predicted octanol–water partition coefficient (Wildman–Crippen LogP) is 2.99. The number of likely N-dealkylation sites (N-methyl/N-ethyl adjacent to an activating group) is 1. The van der Waals surface area contributed by atoms with Crippen LogP contribution in [0.5, 0.6) is 5.75 Å². The summed E-state index contributed by atoms with van der Waals surface area (Å²) in [6.07, 6.45) is 3.00. The highest BCUT2D eigenvalue weighted by Crippen LogP contribution is 2.33. The number of anilines is 2. The Morgan fingerprint density at radius 3 is 2.58 bits per heavy atom. The number of hydrogen-bond donors (Lipinski definition) is 1. The molecule has 2 aromatic heterocycles. The number of nitrogens with zero attached hydrogens (tertiary/aromatic N) is 5. The van der Waals surface area contributed by atoms with Crippen LogP contribution >= 0.6 is 13.5 Å². The van der Waals surface area contributed by atoms with Crippen molar-refractivity contribution in [1.82, 2.24) is 20.0 Å². The van der Waals surface area contributed by atoms with Crippen molar-refractivity contribution in [3.63, 3.8) is 0 Å². The number of aryl methyl sites for hydroxylation is 3. The molecule has 1 aliphatic rings. The molecule has 0 fully saturated rings. The first kappa shape index (κ1) is 24.4. The number of fused-ring (bicyclic) bond motifs is 1. The Hall–Kier alpha value is -3.21. The molecule has 1 atom stereocenters. The van der Waals surface area contributed by atoms with Gasteiger partial charge >= 0.3 is 0 Å². The summed E-state index contributed by atoms with van der Waals surface area (Å²) < 4.78 is 33.8. The van der Waals surface area contributed by atoms with E-state index in [2.05, 4.69) is 20.6 Å². The standard InChI is InChI=1S/C22H24F2N6O2.H2S/c1-12-21-19(29(3)13(2)22(31)26-21)8-15(25-12)5-6-16-11-30(28-27-16)10-14-7-17(23)18(24)9-20(14)32-4;/h7-9,11,13H,5-6,10H2,1-4H3,(H,26,31);1H2/t13-;/m0./s1. The number of halogens is 2. The number of rotatable bonds is 6. The second-order valence-corrected chi connectivity index (χ2v) is 7.85. The van der Waals surface area contributed by atoms with E-state index >= 15 is 0 Å². The Morgan fingerprint density at radius 2 is 1.85 bits per heavy atom. The number of benzene rings is 1. The minimum Gasteiger partial charge on any atom is -0.496 e. The van der Waals surface area contributed by atoms with Crippen LogP contribution in [-0.4, -0.2) is 46.1 Å². The van der Waals surface area contributed by atoms with Crippen molar-refractivity contribution >= 4 is 30.8 Å². The highest BCUT2D eigenvalue weighted by Gasteiger charge is 2.28. The van der Waals surface area contributed by atoms with E-state index in [9.17, 15) is 13.6 Å². The van der Waals surface area contributed by atoms with Gasteiger partial charge in [-0.05, 0) is 38.8 Å². The lowest BCUT2D eigenvalue weighted by molar-refractivity contribution is -0.117. The molecule has 176 valence electrons. The maximum Gasteiger partial charge on any atom is 0.246 e. The third-order valence-corrected chi connectivity index (χ3v) is 5.70. The zero-order valence-electron chi connectivity index (χ0n) is 18.8. The highest BCUT2D eigenvalue weighted by molar-refractivity contribution is 7.59.